The van der Waals surface area contributed by atoms with E-state index in [-0.39, 0.29) is 17.7 Å². The molecule has 1 saturated heterocycles. The third-order valence-corrected chi connectivity index (χ3v) is 5.19. The van der Waals surface area contributed by atoms with Crippen molar-refractivity contribution < 1.29 is 9.47 Å². The minimum Gasteiger partial charge on any atom is -0.488 e. The molecule has 122 valence electrons. The highest BCUT2D eigenvalue weighted by Crippen LogP contribution is 2.38. The van der Waals surface area contributed by atoms with Crippen molar-refractivity contribution in [1.29, 1.82) is 0 Å². The van der Waals surface area contributed by atoms with Gasteiger partial charge >= 0.3 is 0 Å². The summed E-state index contributed by atoms with van der Waals surface area (Å²) in [6.45, 7) is 1.36. The number of aromatic nitrogens is 1. The highest BCUT2D eigenvalue weighted by molar-refractivity contribution is 6.32. The summed E-state index contributed by atoms with van der Waals surface area (Å²) in [5.41, 5.74) is 5.98. The highest BCUT2D eigenvalue weighted by atomic mass is 35.5. The first-order valence-corrected chi connectivity index (χ1v) is 8.30. The molecule has 0 unspecified atom stereocenters. The lowest BCUT2D eigenvalue weighted by Crippen LogP contribution is -2.52. The van der Waals surface area contributed by atoms with Crippen molar-refractivity contribution in [3.8, 4) is 5.75 Å². The van der Waals surface area contributed by atoms with Gasteiger partial charge in [-0.2, -0.15) is 0 Å². The number of H-pyrrole nitrogens is 1. The van der Waals surface area contributed by atoms with Gasteiger partial charge in [0.15, 0.2) is 0 Å². The molecule has 23 heavy (non-hydrogen) atoms. The van der Waals surface area contributed by atoms with Crippen LogP contribution >= 0.6 is 11.6 Å². The van der Waals surface area contributed by atoms with E-state index in [0.717, 1.165) is 18.2 Å². The Morgan fingerprint density at radius 3 is 2.74 bits per heavy atom. The quantitative estimate of drug-likeness (QED) is 0.883. The molecular formula is C17H19ClN2O3. The van der Waals surface area contributed by atoms with E-state index in [9.17, 15) is 4.79 Å². The molecule has 0 amide bonds. The first kappa shape index (κ1) is 15.0. The number of ether oxygens (including phenoxy) is 2. The summed E-state index contributed by atoms with van der Waals surface area (Å²) >= 11 is 6.35. The van der Waals surface area contributed by atoms with Gasteiger partial charge < -0.3 is 20.2 Å². The molecule has 5 nitrogen and oxygen atoms in total. The zero-order chi connectivity index (χ0) is 16.0. The van der Waals surface area contributed by atoms with Crippen LogP contribution in [-0.4, -0.2) is 30.3 Å². The Labute approximate surface area is 138 Å². The molecule has 4 atom stereocenters. The molecule has 1 aromatic heterocycles. The molecule has 1 aromatic carbocycles. The van der Waals surface area contributed by atoms with Crippen LogP contribution < -0.4 is 16.0 Å². The van der Waals surface area contributed by atoms with Gasteiger partial charge in [0.2, 0.25) is 0 Å². The largest absolute Gasteiger partial charge is 0.488 e. The average molecular weight is 335 g/mol. The molecule has 1 aliphatic carbocycles. The number of hydrogen-bond donors (Lipinski definition) is 2. The number of hydrogen-bond acceptors (Lipinski definition) is 4. The monoisotopic (exact) mass is 334 g/mol. The van der Waals surface area contributed by atoms with E-state index in [4.69, 9.17) is 26.8 Å². The van der Waals surface area contributed by atoms with E-state index in [0.29, 0.717) is 41.2 Å². The molecule has 3 N–H and O–H groups in total. The number of rotatable bonds is 2. The summed E-state index contributed by atoms with van der Waals surface area (Å²) in [5, 5.41) is 1.85. The Kier molecular flexibility index (Phi) is 3.79. The van der Waals surface area contributed by atoms with Crippen LogP contribution in [0.15, 0.2) is 29.2 Å². The standard InChI is InChI=1S/C17H19ClN2O3/c18-14-6-13-9(1-2-20-17(13)21)5-15(14)23-16-10-3-12(19)4-11(16)8-22-7-10/h1-2,5-6,10-12,16H,3-4,7-8,19H2,(H,20,21)/t10-,11+,12-,16-. The summed E-state index contributed by atoms with van der Waals surface area (Å²) in [5.74, 6) is 1.22. The maximum absolute atomic E-state index is 11.8. The molecule has 0 spiro atoms. The Bertz CT molecular complexity index is 777. The molecule has 2 aliphatic rings. The zero-order valence-corrected chi connectivity index (χ0v) is 13.4. The van der Waals surface area contributed by atoms with Crippen LogP contribution in [0.3, 0.4) is 0 Å². The maximum Gasteiger partial charge on any atom is 0.255 e. The lowest BCUT2D eigenvalue weighted by molar-refractivity contribution is -0.0947. The van der Waals surface area contributed by atoms with E-state index in [2.05, 4.69) is 4.98 Å². The van der Waals surface area contributed by atoms with Crippen LogP contribution in [0.2, 0.25) is 5.02 Å². The lowest BCUT2D eigenvalue weighted by atomic mass is 9.75. The molecule has 6 heteroatoms. The van der Waals surface area contributed by atoms with Crippen molar-refractivity contribution in [3.63, 3.8) is 0 Å². The Morgan fingerprint density at radius 1 is 1.26 bits per heavy atom. The van der Waals surface area contributed by atoms with Gasteiger partial charge in [0.25, 0.3) is 5.56 Å². The molecule has 0 radical (unpaired) electrons. The van der Waals surface area contributed by atoms with Crippen molar-refractivity contribution in [2.24, 2.45) is 17.6 Å². The Morgan fingerprint density at radius 2 is 2.00 bits per heavy atom. The van der Waals surface area contributed by atoms with Crippen LogP contribution in [-0.2, 0) is 4.74 Å². The van der Waals surface area contributed by atoms with Gasteiger partial charge in [0.05, 0.1) is 18.2 Å². The molecule has 4 rings (SSSR count). The van der Waals surface area contributed by atoms with Gasteiger partial charge in [0.1, 0.15) is 11.9 Å². The Hall–Kier alpha value is -1.56. The minimum atomic E-state index is -0.148. The molecule has 1 saturated carbocycles. The number of aromatic amines is 1. The fraction of sp³-hybridized carbons (Fsp3) is 0.471. The third-order valence-electron chi connectivity index (χ3n) is 4.89. The van der Waals surface area contributed by atoms with Gasteiger partial charge in [-0.25, -0.2) is 0 Å². The van der Waals surface area contributed by atoms with Gasteiger partial charge in [-0.05, 0) is 36.4 Å². The van der Waals surface area contributed by atoms with Crippen molar-refractivity contribution in [2.45, 2.75) is 25.0 Å². The van der Waals surface area contributed by atoms with Crippen molar-refractivity contribution in [3.05, 3.63) is 39.8 Å². The summed E-state index contributed by atoms with van der Waals surface area (Å²) in [4.78, 5) is 14.5. The minimum absolute atomic E-state index is 0.0699. The number of halogens is 1. The third kappa shape index (κ3) is 2.73. The summed E-state index contributed by atoms with van der Waals surface area (Å²) < 4.78 is 11.9. The van der Waals surface area contributed by atoms with Gasteiger partial charge in [-0.1, -0.05) is 11.6 Å². The maximum atomic E-state index is 11.8. The van der Waals surface area contributed by atoms with E-state index in [1.54, 1.807) is 12.3 Å². The summed E-state index contributed by atoms with van der Waals surface area (Å²) in [7, 11) is 0. The van der Waals surface area contributed by atoms with Gasteiger partial charge in [-0.3, -0.25) is 4.79 Å². The van der Waals surface area contributed by atoms with E-state index in [1.807, 2.05) is 12.1 Å². The van der Waals surface area contributed by atoms with Gasteiger partial charge in [-0.15, -0.1) is 0 Å². The zero-order valence-electron chi connectivity index (χ0n) is 12.6. The first-order chi connectivity index (χ1) is 11.1. The number of fused-ring (bicyclic) bond motifs is 3. The predicted octanol–water partition coefficient (Wildman–Crippen LogP) is 2.31. The Balaban J connectivity index is 1.67. The summed E-state index contributed by atoms with van der Waals surface area (Å²) in [6.07, 6.45) is 3.52. The fourth-order valence-corrected chi connectivity index (χ4v) is 4.05. The fourth-order valence-electron chi connectivity index (χ4n) is 3.84. The molecule has 2 fully saturated rings. The normalized spacial score (nSPS) is 30.3. The molecule has 2 bridgehead atoms. The van der Waals surface area contributed by atoms with E-state index >= 15 is 0 Å². The number of nitrogens with one attached hydrogen (secondary N) is 1. The molecule has 2 aromatic rings. The SMILES string of the molecule is N[C@H]1C[C@H]2COC[C@@H](C1)[C@H]2Oc1cc2cc[nH]c(=O)c2cc1Cl. The van der Waals surface area contributed by atoms with Crippen molar-refractivity contribution >= 4 is 22.4 Å². The van der Waals surface area contributed by atoms with E-state index < -0.39 is 0 Å². The topological polar surface area (TPSA) is 77.3 Å². The second kappa shape index (κ2) is 5.82. The number of pyridine rings is 1. The average Bonchev–Trinajstić information content (AvgIpc) is 2.50. The van der Waals surface area contributed by atoms with Crippen molar-refractivity contribution in [2.75, 3.05) is 13.2 Å². The van der Waals surface area contributed by atoms with E-state index in [1.165, 1.54) is 0 Å². The second-order valence-corrected chi connectivity index (χ2v) is 6.96. The van der Waals surface area contributed by atoms with Crippen LogP contribution in [0, 0.1) is 11.8 Å². The van der Waals surface area contributed by atoms with Crippen LogP contribution in [0.4, 0.5) is 0 Å². The first-order valence-electron chi connectivity index (χ1n) is 7.93. The van der Waals surface area contributed by atoms with Crippen LogP contribution in [0.5, 0.6) is 5.75 Å². The van der Waals surface area contributed by atoms with Gasteiger partial charge in [0, 0.05) is 29.5 Å². The second-order valence-electron chi connectivity index (χ2n) is 6.55. The van der Waals surface area contributed by atoms with Crippen molar-refractivity contribution in [1.82, 2.24) is 4.98 Å². The smallest absolute Gasteiger partial charge is 0.255 e. The van der Waals surface area contributed by atoms with Crippen LogP contribution in [0.25, 0.3) is 10.8 Å². The number of nitrogens with two attached hydrogens (primary N) is 1. The highest BCUT2D eigenvalue weighted by Gasteiger charge is 2.41. The van der Waals surface area contributed by atoms with Crippen LogP contribution in [0.1, 0.15) is 12.8 Å². The predicted molar refractivity (Wildman–Crippen MR) is 89.0 cm³/mol. The summed E-state index contributed by atoms with van der Waals surface area (Å²) in [6, 6.07) is 5.59. The number of benzene rings is 1. The molecule has 2 heterocycles. The molecule has 1 aliphatic heterocycles. The lowest BCUT2D eigenvalue weighted by Gasteiger charge is -2.44. The molecular weight excluding hydrogens is 316 g/mol.